The molecule has 1 N–H and O–H groups in total. The van der Waals surface area contributed by atoms with Crippen molar-refractivity contribution in [2.24, 2.45) is 0 Å². The Morgan fingerprint density at radius 1 is 1.06 bits per heavy atom. The maximum absolute atomic E-state index is 12.8. The number of thiophene rings is 1. The number of carbonyl (C=O) groups excluding carboxylic acids is 3. The van der Waals surface area contributed by atoms with Crippen LogP contribution in [0.4, 0.5) is 0 Å². The minimum absolute atomic E-state index is 0.160. The van der Waals surface area contributed by atoms with Crippen LogP contribution in [0.25, 0.3) is 10.7 Å². The zero-order valence-corrected chi connectivity index (χ0v) is 17.3. The second kappa shape index (κ2) is 7.62. The van der Waals surface area contributed by atoms with Crippen LogP contribution >= 0.6 is 11.3 Å². The second-order valence-electron chi connectivity index (χ2n) is 7.50. The van der Waals surface area contributed by atoms with Crippen LogP contribution in [0.15, 0.2) is 46.6 Å². The summed E-state index contributed by atoms with van der Waals surface area (Å²) in [5.41, 5.74) is 0.414. The molecule has 2 aliphatic rings. The minimum atomic E-state index is -0.476. The topological polar surface area (TPSA) is 106 Å². The molecule has 31 heavy (non-hydrogen) atoms. The number of carbonyl (C=O) groups is 3. The summed E-state index contributed by atoms with van der Waals surface area (Å²) in [5.74, 6) is -0.769. The highest BCUT2D eigenvalue weighted by Crippen LogP contribution is 2.37. The molecular formula is C21H19N5O4S. The highest BCUT2D eigenvalue weighted by Gasteiger charge is 2.36. The molecule has 2 aromatic heterocycles. The van der Waals surface area contributed by atoms with Gasteiger partial charge in [0.15, 0.2) is 5.82 Å². The van der Waals surface area contributed by atoms with Gasteiger partial charge in [-0.15, -0.1) is 16.4 Å². The van der Waals surface area contributed by atoms with Gasteiger partial charge in [0.1, 0.15) is 6.54 Å². The summed E-state index contributed by atoms with van der Waals surface area (Å²) in [6, 6.07) is 10.5. The fourth-order valence-electron chi connectivity index (χ4n) is 3.69. The zero-order chi connectivity index (χ0) is 21.5. The predicted molar refractivity (Wildman–Crippen MR) is 113 cm³/mol. The standard InChI is InChI=1S/C21H19N5O4S/c27-17(12-24-19(28)14-4-1-2-5-15(14)20(24)29)22-9-10-25-21(30)26(13-7-8-13)18(23-25)16-6-3-11-31-16/h1-6,11,13H,7-10,12H2,(H,22,27). The first kappa shape index (κ1) is 19.4. The van der Waals surface area contributed by atoms with Gasteiger partial charge >= 0.3 is 5.69 Å². The van der Waals surface area contributed by atoms with Gasteiger partial charge in [-0.3, -0.25) is 23.9 Å². The quantitative estimate of drug-likeness (QED) is 0.564. The molecule has 0 radical (unpaired) electrons. The lowest BCUT2D eigenvalue weighted by molar-refractivity contribution is -0.121. The molecule has 3 heterocycles. The summed E-state index contributed by atoms with van der Waals surface area (Å²) >= 11 is 1.52. The monoisotopic (exact) mass is 437 g/mol. The Hall–Kier alpha value is -3.53. The summed E-state index contributed by atoms with van der Waals surface area (Å²) in [6.45, 7) is -0.00351. The molecule has 1 saturated carbocycles. The van der Waals surface area contributed by atoms with Crippen LogP contribution in [0, 0.1) is 0 Å². The van der Waals surface area contributed by atoms with Gasteiger partial charge in [-0.1, -0.05) is 18.2 Å². The lowest BCUT2D eigenvalue weighted by Crippen LogP contribution is -2.41. The average molecular weight is 437 g/mol. The smallest absolute Gasteiger partial charge is 0.346 e. The molecule has 1 aliphatic carbocycles. The first-order valence-corrected chi connectivity index (χ1v) is 10.9. The SMILES string of the molecule is O=C(CN1C(=O)c2ccccc2C1=O)NCCn1nc(-c2cccs2)n(C2CC2)c1=O. The van der Waals surface area contributed by atoms with E-state index in [-0.39, 0.29) is 31.4 Å². The third kappa shape index (κ3) is 3.48. The van der Waals surface area contributed by atoms with Crippen LogP contribution in [0.5, 0.6) is 0 Å². The zero-order valence-electron chi connectivity index (χ0n) is 16.5. The fourth-order valence-corrected chi connectivity index (χ4v) is 4.39. The molecule has 0 spiro atoms. The number of rotatable bonds is 7. The molecule has 0 saturated heterocycles. The van der Waals surface area contributed by atoms with Gasteiger partial charge in [0.2, 0.25) is 5.91 Å². The molecule has 0 unspecified atom stereocenters. The van der Waals surface area contributed by atoms with E-state index in [1.54, 1.807) is 28.8 Å². The Morgan fingerprint density at radius 3 is 2.39 bits per heavy atom. The fraction of sp³-hybridized carbons (Fsp3) is 0.286. The number of fused-ring (bicyclic) bond motifs is 1. The molecule has 9 nitrogen and oxygen atoms in total. The van der Waals surface area contributed by atoms with Crippen LogP contribution in [-0.4, -0.2) is 50.1 Å². The first-order chi connectivity index (χ1) is 15.0. The molecule has 10 heteroatoms. The number of hydrogen-bond donors (Lipinski definition) is 1. The van der Waals surface area contributed by atoms with Crippen molar-refractivity contribution >= 4 is 29.1 Å². The molecule has 5 rings (SSSR count). The minimum Gasteiger partial charge on any atom is -0.353 e. The van der Waals surface area contributed by atoms with Crippen LogP contribution < -0.4 is 11.0 Å². The molecular weight excluding hydrogens is 418 g/mol. The number of amides is 3. The van der Waals surface area contributed by atoms with E-state index in [2.05, 4.69) is 10.4 Å². The number of nitrogens with one attached hydrogen (secondary N) is 1. The normalized spacial score (nSPS) is 15.4. The van der Waals surface area contributed by atoms with E-state index < -0.39 is 17.7 Å². The van der Waals surface area contributed by atoms with E-state index in [9.17, 15) is 19.2 Å². The second-order valence-corrected chi connectivity index (χ2v) is 8.45. The molecule has 0 atom stereocenters. The Bertz CT molecular complexity index is 1200. The third-order valence-corrected chi connectivity index (χ3v) is 6.22. The summed E-state index contributed by atoms with van der Waals surface area (Å²) in [6.07, 6.45) is 1.92. The number of hydrogen-bond acceptors (Lipinski definition) is 6. The van der Waals surface area contributed by atoms with E-state index in [0.29, 0.717) is 17.0 Å². The Kier molecular flexibility index (Phi) is 4.78. The molecule has 1 aromatic carbocycles. The van der Waals surface area contributed by atoms with Gasteiger partial charge in [0, 0.05) is 12.6 Å². The average Bonchev–Trinajstić information content (AvgIpc) is 3.26. The summed E-state index contributed by atoms with van der Waals surface area (Å²) in [7, 11) is 0. The van der Waals surface area contributed by atoms with E-state index in [1.807, 2.05) is 17.5 Å². The van der Waals surface area contributed by atoms with E-state index >= 15 is 0 Å². The lowest BCUT2D eigenvalue weighted by atomic mass is 10.1. The number of benzene rings is 1. The first-order valence-electron chi connectivity index (χ1n) is 9.99. The molecule has 1 aliphatic heterocycles. The highest BCUT2D eigenvalue weighted by molar-refractivity contribution is 7.13. The van der Waals surface area contributed by atoms with E-state index in [1.165, 1.54) is 16.0 Å². The van der Waals surface area contributed by atoms with Gasteiger partial charge in [-0.25, -0.2) is 9.48 Å². The van der Waals surface area contributed by atoms with Crippen molar-refractivity contribution in [3.05, 3.63) is 63.4 Å². The van der Waals surface area contributed by atoms with Crippen molar-refractivity contribution in [3.8, 4) is 10.7 Å². The summed E-state index contributed by atoms with van der Waals surface area (Å²) in [4.78, 5) is 51.7. The third-order valence-electron chi connectivity index (χ3n) is 5.35. The van der Waals surface area contributed by atoms with Crippen molar-refractivity contribution in [3.63, 3.8) is 0 Å². The highest BCUT2D eigenvalue weighted by atomic mass is 32.1. The number of imide groups is 1. The molecule has 158 valence electrons. The maximum Gasteiger partial charge on any atom is 0.346 e. The largest absolute Gasteiger partial charge is 0.353 e. The van der Waals surface area contributed by atoms with Crippen LogP contribution in [0.2, 0.25) is 0 Å². The maximum atomic E-state index is 12.8. The van der Waals surface area contributed by atoms with E-state index in [0.717, 1.165) is 22.6 Å². The van der Waals surface area contributed by atoms with Gasteiger partial charge in [0.05, 0.1) is 22.5 Å². The molecule has 1 fully saturated rings. The van der Waals surface area contributed by atoms with Gasteiger partial charge in [-0.05, 0) is 36.4 Å². The van der Waals surface area contributed by atoms with Crippen molar-refractivity contribution < 1.29 is 14.4 Å². The van der Waals surface area contributed by atoms with E-state index in [4.69, 9.17) is 0 Å². The van der Waals surface area contributed by atoms with Gasteiger partial charge in [0.25, 0.3) is 11.8 Å². The lowest BCUT2D eigenvalue weighted by Gasteiger charge is -2.13. The Morgan fingerprint density at radius 2 is 1.77 bits per heavy atom. The van der Waals surface area contributed by atoms with Crippen molar-refractivity contribution in [2.75, 3.05) is 13.1 Å². The summed E-state index contributed by atoms with van der Waals surface area (Å²) < 4.78 is 3.09. The molecule has 3 amide bonds. The van der Waals surface area contributed by atoms with Crippen LogP contribution in [0.1, 0.15) is 39.6 Å². The summed E-state index contributed by atoms with van der Waals surface area (Å²) in [5, 5.41) is 9.08. The van der Waals surface area contributed by atoms with Gasteiger partial charge < -0.3 is 5.32 Å². The van der Waals surface area contributed by atoms with Crippen LogP contribution in [0.3, 0.4) is 0 Å². The van der Waals surface area contributed by atoms with Crippen molar-refractivity contribution in [1.82, 2.24) is 24.6 Å². The molecule has 3 aromatic rings. The molecule has 0 bridgehead atoms. The Balaban J connectivity index is 1.23. The van der Waals surface area contributed by atoms with Crippen LogP contribution in [-0.2, 0) is 11.3 Å². The van der Waals surface area contributed by atoms with Crippen molar-refractivity contribution in [2.45, 2.75) is 25.4 Å². The van der Waals surface area contributed by atoms with Gasteiger partial charge in [-0.2, -0.15) is 0 Å². The predicted octanol–water partition coefficient (Wildman–Crippen LogP) is 1.52. The number of aromatic nitrogens is 3. The number of nitrogens with zero attached hydrogens (tertiary/aromatic N) is 4. The van der Waals surface area contributed by atoms with Crippen molar-refractivity contribution in [1.29, 1.82) is 0 Å². The Labute approximate surface area is 180 Å².